The Morgan fingerprint density at radius 2 is 1.88 bits per heavy atom. The molecule has 0 saturated carbocycles. The van der Waals surface area contributed by atoms with Gasteiger partial charge < -0.3 is 4.74 Å². The SMILES string of the molecule is CCOc1ccc(/C=N\NC(=O)c2cccc(S(=O)(=O)N(C)C)c2)cc1. The number of benzene rings is 2. The van der Waals surface area contributed by atoms with Crippen LogP contribution in [0.3, 0.4) is 0 Å². The van der Waals surface area contributed by atoms with E-state index in [1.165, 1.54) is 44.6 Å². The maximum atomic E-state index is 12.2. The van der Waals surface area contributed by atoms with E-state index in [0.717, 1.165) is 15.6 Å². The van der Waals surface area contributed by atoms with E-state index in [0.29, 0.717) is 6.61 Å². The van der Waals surface area contributed by atoms with Crippen LogP contribution in [0.15, 0.2) is 58.5 Å². The molecule has 0 fully saturated rings. The number of nitrogens with one attached hydrogen (secondary N) is 1. The van der Waals surface area contributed by atoms with Gasteiger partial charge in [0.1, 0.15) is 5.75 Å². The number of rotatable bonds is 7. The van der Waals surface area contributed by atoms with Crippen LogP contribution in [0.4, 0.5) is 0 Å². The van der Waals surface area contributed by atoms with Gasteiger partial charge in [0.05, 0.1) is 17.7 Å². The van der Waals surface area contributed by atoms with E-state index >= 15 is 0 Å². The van der Waals surface area contributed by atoms with Gasteiger partial charge in [-0.2, -0.15) is 5.10 Å². The first-order chi connectivity index (χ1) is 12.3. The quantitative estimate of drug-likeness (QED) is 0.593. The van der Waals surface area contributed by atoms with Crippen LogP contribution >= 0.6 is 0 Å². The molecule has 0 unspecified atom stereocenters. The van der Waals surface area contributed by atoms with E-state index in [2.05, 4.69) is 10.5 Å². The standard InChI is InChI=1S/C18H21N3O4S/c1-4-25-16-10-8-14(9-11-16)13-19-20-18(22)15-6-5-7-17(12-15)26(23,24)21(2)3/h5-13H,4H2,1-3H3,(H,20,22)/b19-13-. The van der Waals surface area contributed by atoms with Crippen LogP contribution in [0.5, 0.6) is 5.75 Å². The summed E-state index contributed by atoms with van der Waals surface area (Å²) in [6.07, 6.45) is 1.49. The number of hydrazone groups is 1. The fraction of sp³-hybridized carbons (Fsp3) is 0.222. The molecule has 0 aliphatic heterocycles. The zero-order valence-electron chi connectivity index (χ0n) is 14.8. The van der Waals surface area contributed by atoms with Gasteiger partial charge in [0.25, 0.3) is 5.91 Å². The number of carbonyl (C=O) groups excluding carboxylic acids is 1. The number of amides is 1. The van der Waals surface area contributed by atoms with Gasteiger partial charge >= 0.3 is 0 Å². The molecule has 7 nitrogen and oxygen atoms in total. The van der Waals surface area contributed by atoms with Crippen LogP contribution in [0.1, 0.15) is 22.8 Å². The summed E-state index contributed by atoms with van der Waals surface area (Å²) in [5, 5.41) is 3.90. The molecule has 2 aromatic carbocycles. The highest BCUT2D eigenvalue weighted by molar-refractivity contribution is 7.89. The summed E-state index contributed by atoms with van der Waals surface area (Å²) >= 11 is 0. The zero-order chi connectivity index (χ0) is 19.2. The first-order valence-corrected chi connectivity index (χ1v) is 9.37. The molecule has 0 bridgehead atoms. The summed E-state index contributed by atoms with van der Waals surface area (Å²) in [4.78, 5) is 12.2. The van der Waals surface area contributed by atoms with E-state index in [-0.39, 0.29) is 10.5 Å². The highest BCUT2D eigenvalue weighted by Gasteiger charge is 2.18. The van der Waals surface area contributed by atoms with Gasteiger partial charge in [-0.25, -0.2) is 18.1 Å². The molecule has 0 radical (unpaired) electrons. The van der Waals surface area contributed by atoms with Crippen molar-refractivity contribution in [3.63, 3.8) is 0 Å². The topological polar surface area (TPSA) is 88.1 Å². The van der Waals surface area contributed by atoms with E-state index in [1.807, 2.05) is 31.2 Å². The molecule has 138 valence electrons. The maximum Gasteiger partial charge on any atom is 0.271 e. The molecule has 0 saturated heterocycles. The minimum Gasteiger partial charge on any atom is -0.494 e. The van der Waals surface area contributed by atoms with Crippen LogP contribution in [0, 0.1) is 0 Å². The summed E-state index contributed by atoms with van der Waals surface area (Å²) in [6.45, 7) is 2.50. The predicted octanol–water partition coefficient (Wildman–Crippen LogP) is 2.10. The van der Waals surface area contributed by atoms with Crippen LogP contribution in [0.25, 0.3) is 0 Å². The number of ether oxygens (including phenoxy) is 1. The Kier molecular flexibility index (Phi) is 6.48. The van der Waals surface area contributed by atoms with Crippen molar-refractivity contribution in [2.45, 2.75) is 11.8 Å². The number of carbonyl (C=O) groups is 1. The molecule has 0 aromatic heterocycles. The molecule has 26 heavy (non-hydrogen) atoms. The highest BCUT2D eigenvalue weighted by Crippen LogP contribution is 2.15. The lowest BCUT2D eigenvalue weighted by atomic mass is 10.2. The van der Waals surface area contributed by atoms with Crippen LogP contribution in [-0.2, 0) is 10.0 Å². The van der Waals surface area contributed by atoms with Crippen molar-refractivity contribution >= 4 is 22.1 Å². The van der Waals surface area contributed by atoms with Crippen LogP contribution in [-0.4, -0.2) is 45.5 Å². The molecular weight excluding hydrogens is 354 g/mol. The molecular formula is C18H21N3O4S. The first kappa shape index (κ1) is 19.6. The largest absolute Gasteiger partial charge is 0.494 e. The average molecular weight is 375 g/mol. The van der Waals surface area contributed by atoms with Crippen molar-refractivity contribution in [3.8, 4) is 5.75 Å². The van der Waals surface area contributed by atoms with Crippen molar-refractivity contribution in [1.82, 2.24) is 9.73 Å². The second-order valence-corrected chi connectivity index (χ2v) is 7.67. The Morgan fingerprint density at radius 1 is 1.19 bits per heavy atom. The molecule has 1 N–H and O–H groups in total. The second-order valence-electron chi connectivity index (χ2n) is 5.52. The van der Waals surface area contributed by atoms with Gasteiger partial charge in [-0.1, -0.05) is 6.07 Å². The fourth-order valence-electron chi connectivity index (χ4n) is 2.06. The third-order valence-corrected chi connectivity index (χ3v) is 5.26. The smallest absolute Gasteiger partial charge is 0.271 e. The van der Waals surface area contributed by atoms with E-state index in [1.54, 1.807) is 0 Å². The molecule has 0 aliphatic rings. The van der Waals surface area contributed by atoms with Gasteiger partial charge in [0.15, 0.2) is 0 Å². The van der Waals surface area contributed by atoms with E-state index in [9.17, 15) is 13.2 Å². The summed E-state index contributed by atoms with van der Waals surface area (Å²) in [7, 11) is -0.735. The van der Waals surface area contributed by atoms with Gasteiger partial charge in [-0.05, 0) is 55.0 Å². The Labute approximate surface area is 153 Å². The summed E-state index contributed by atoms with van der Waals surface area (Å²) in [5.41, 5.74) is 3.38. The number of sulfonamides is 1. The minimum absolute atomic E-state index is 0.0469. The van der Waals surface area contributed by atoms with Crippen molar-refractivity contribution in [3.05, 3.63) is 59.7 Å². The Balaban J connectivity index is 2.06. The van der Waals surface area contributed by atoms with Crippen molar-refractivity contribution in [2.24, 2.45) is 5.10 Å². The Morgan fingerprint density at radius 3 is 2.50 bits per heavy atom. The van der Waals surface area contributed by atoms with E-state index < -0.39 is 15.9 Å². The fourth-order valence-corrected chi connectivity index (χ4v) is 3.00. The molecule has 0 heterocycles. The number of nitrogens with zero attached hydrogens (tertiary/aromatic N) is 2. The van der Waals surface area contributed by atoms with Gasteiger partial charge in [-0.15, -0.1) is 0 Å². The third-order valence-electron chi connectivity index (χ3n) is 3.45. The lowest BCUT2D eigenvalue weighted by Crippen LogP contribution is -2.23. The number of hydrogen-bond donors (Lipinski definition) is 1. The lowest BCUT2D eigenvalue weighted by molar-refractivity contribution is 0.0955. The average Bonchev–Trinajstić information content (AvgIpc) is 2.63. The summed E-state index contributed by atoms with van der Waals surface area (Å²) in [5.74, 6) is 0.260. The monoisotopic (exact) mass is 375 g/mol. The minimum atomic E-state index is -3.60. The normalized spacial score (nSPS) is 11.7. The van der Waals surface area contributed by atoms with Gasteiger partial charge in [0.2, 0.25) is 10.0 Å². The lowest BCUT2D eigenvalue weighted by Gasteiger charge is -2.11. The predicted molar refractivity (Wildman–Crippen MR) is 100.0 cm³/mol. The van der Waals surface area contributed by atoms with Crippen molar-refractivity contribution < 1.29 is 17.9 Å². The molecule has 0 aliphatic carbocycles. The highest BCUT2D eigenvalue weighted by atomic mass is 32.2. The Hall–Kier alpha value is -2.71. The Bertz CT molecular complexity index is 891. The third kappa shape index (κ3) is 4.90. The first-order valence-electron chi connectivity index (χ1n) is 7.93. The second kappa shape index (κ2) is 8.59. The van der Waals surface area contributed by atoms with Gasteiger partial charge in [-0.3, -0.25) is 4.79 Å². The maximum absolute atomic E-state index is 12.2. The van der Waals surface area contributed by atoms with Crippen molar-refractivity contribution in [1.29, 1.82) is 0 Å². The van der Waals surface area contributed by atoms with Crippen LogP contribution < -0.4 is 10.2 Å². The summed E-state index contributed by atoms with van der Waals surface area (Å²) in [6, 6.07) is 13.0. The zero-order valence-corrected chi connectivity index (χ0v) is 15.7. The van der Waals surface area contributed by atoms with Gasteiger partial charge in [0, 0.05) is 19.7 Å². The van der Waals surface area contributed by atoms with Crippen LogP contribution in [0.2, 0.25) is 0 Å². The summed E-state index contributed by atoms with van der Waals surface area (Å²) < 4.78 is 30.7. The molecule has 0 atom stereocenters. The number of hydrogen-bond acceptors (Lipinski definition) is 5. The molecule has 2 aromatic rings. The van der Waals surface area contributed by atoms with Crippen molar-refractivity contribution in [2.75, 3.05) is 20.7 Å². The van der Waals surface area contributed by atoms with E-state index in [4.69, 9.17) is 4.74 Å². The molecule has 8 heteroatoms. The molecule has 2 rings (SSSR count). The molecule has 1 amide bonds. The molecule has 0 spiro atoms.